The predicted octanol–water partition coefficient (Wildman–Crippen LogP) is 0.952. The Balaban J connectivity index is 2.71. The molecular formula is C9H16N2O3S. The van der Waals surface area contributed by atoms with Gasteiger partial charge in [0, 0.05) is 11.8 Å². The van der Waals surface area contributed by atoms with Crippen LogP contribution < -0.4 is 5.32 Å². The fourth-order valence-electron chi connectivity index (χ4n) is 1.46. The number of thioether (sulfide) groups is 1. The van der Waals surface area contributed by atoms with Crippen LogP contribution in [0.4, 0.5) is 4.79 Å². The third-order valence-corrected chi connectivity index (χ3v) is 3.37. The van der Waals surface area contributed by atoms with Crippen LogP contribution in [0.1, 0.15) is 20.8 Å². The summed E-state index contributed by atoms with van der Waals surface area (Å²) in [5.41, 5.74) is 0. The Bertz CT molecular complexity index is 270. The summed E-state index contributed by atoms with van der Waals surface area (Å²) in [4.78, 5) is 24.0. The molecule has 2 N–H and O–H groups in total. The summed E-state index contributed by atoms with van der Waals surface area (Å²) in [7, 11) is 0. The van der Waals surface area contributed by atoms with Crippen molar-refractivity contribution in [2.45, 2.75) is 38.2 Å². The van der Waals surface area contributed by atoms with Crippen molar-refractivity contribution >= 4 is 23.8 Å². The maximum atomic E-state index is 11.7. The van der Waals surface area contributed by atoms with Crippen molar-refractivity contribution in [2.75, 3.05) is 5.75 Å². The van der Waals surface area contributed by atoms with Crippen molar-refractivity contribution < 1.29 is 14.7 Å². The quantitative estimate of drug-likeness (QED) is 0.743. The average molecular weight is 232 g/mol. The second-order valence-corrected chi connectivity index (χ2v) is 5.15. The molecule has 0 aromatic heterocycles. The van der Waals surface area contributed by atoms with Gasteiger partial charge in [0.15, 0.2) is 0 Å². The van der Waals surface area contributed by atoms with Gasteiger partial charge in [-0.05, 0) is 20.8 Å². The van der Waals surface area contributed by atoms with Gasteiger partial charge in [-0.1, -0.05) is 0 Å². The van der Waals surface area contributed by atoms with Crippen LogP contribution in [0.25, 0.3) is 0 Å². The molecule has 1 saturated heterocycles. The van der Waals surface area contributed by atoms with Gasteiger partial charge in [0.1, 0.15) is 6.04 Å². The Labute approximate surface area is 93.2 Å². The molecule has 0 bridgehead atoms. The molecule has 1 fully saturated rings. The molecule has 1 rings (SSSR count). The van der Waals surface area contributed by atoms with Crippen LogP contribution in [-0.2, 0) is 4.79 Å². The third kappa shape index (κ3) is 2.77. The van der Waals surface area contributed by atoms with E-state index in [0.717, 1.165) is 0 Å². The van der Waals surface area contributed by atoms with E-state index in [9.17, 15) is 9.59 Å². The van der Waals surface area contributed by atoms with Gasteiger partial charge in [-0.15, -0.1) is 11.8 Å². The van der Waals surface area contributed by atoms with Crippen LogP contribution in [0, 0.1) is 0 Å². The first-order chi connectivity index (χ1) is 6.93. The van der Waals surface area contributed by atoms with Crippen LogP contribution >= 0.6 is 11.8 Å². The largest absolute Gasteiger partial charge is 0.480 e. The van der Waals surface area contributed by atoms with Gasteiger partial charge in [-0.2, -0.15) is 0 Å². The summed E-state index contributed by atoms with van der Waals surface area (Å²) in [6.07, 6.45) is 0. The summed E-state index contributed by atoms with van der Waals surface area (Å²) >= 11 is 1.48. The maximum Gasteiger partial charge on any atom is 0.327 e. The number of rotatable bonds is 2. The number of carbonyl (C=O) groups is 2. The molecule has 0 saturated carbocycles. The molecule has 2 amide bonds. The molecule has 15 heavy (non-hydrogen) atoms. The Morgan fingerprint density at radius 2 is 2.13 bits per heavy atom. The molecule has 1 aliphatic heterocycles. The van der Waals surface area contributed by atoms with Crippen molar-refractivity contribution in [1.82, 2.24) is 10.2 Å². The standard InChI is InChI=1S/C9H16N2O3S/c1-5(2)10-9(14)11-6(3)15-4-7(11)8(12)13/h5-7H,4H2,1-3H3,(H,10,14)(H,12,13). The molecule has 1 heterocycles. The first-order valence-electron chi connectivity index (χ1n) is 4.86. The number of carbonyl (C=O) groups excluding carboxylic acids is 1. The Morgan fingerprint density at radius 1 is 1.53 bits per heavy atom. The van der Waals surface area contributed by atoms with Crippen molar-refractivity contribution in [2.24, 2.45) is 0 Å². The summed E-state index contributed by atoms with van der Waals surface area (Å²) in [5.74, 6) is -0.479. The molecule has 0 spiro atoms. The lowest BCUT2D eigenvalue weighted by atomic mass is 10.3. The SMILES string of the molecule is CC(C)NC(=O)N1C(C)SCC1C(=O)O. The highest BCUT2D eigenvalue weighted by atomic mass is 32.2. The van der Waals surface area contributed by atoms with E-state index in [0.29, 0.717) is 5.75 Å². The third-order valence-electron chi connectivity index (χ3n) is 2.15. The first-order valence-corrected chi connectivity index (χ1v) is 5.91. The highest BCUT2D eigenvalue weighted by molar-refractivity contribution is 8.00. The zero-order chi connectivity index (χ0) is 11.6. The fraction of sp³-hybridized carbons (Fsp3) is 0.778. The Morgan fingerprint density at radius 3 is 2.60 bits per heavy atom. The van der Waals surface area contributed by atoms with Gasteiger partial charge in [0.05, 0.1) is 5.37 Å². The summed E-state index contributed by atoms with van der Waals surface area (Å²) in [6, 6.07) is -0.983. The molecule has 2 atom stereocenters. The van der Waals surface area contributed by atoms with Gasteiger partial charge < -0.3 is 10.4 Å². The van der Waals surface area contributed by atoms with E-state index in [-0.39, 0.29) is 17.4 Å². The van der Waals surface area contributed by atoms with Crippen LogP contribution in [0.3, 0.4) is 0 Å². The lowest BCUT2D eigenvalue weighted by molar-refractivity contribution is -0.141. The van der Waals surface area contributed by atoms with E-state index in [1.165, 1.54) is 16.7 Å². The Kier molecular flexibility index (Phi) is 3.84. The van der Waals surface area contributed by atoms with Gasteiger partial charge in [0.2, 0.25) is 0 Å². The van der Waals surface area contributed by atoms with Crippen LogP contribution in [-0.4, -0.2) is 45.2 Å². The molecule has 5 nitrogen and oxygen atoms in total. The second-order valence-electron chi connectivity index (χ2n) is 3.80. The second kappa shape index (κ2) is 4.74. The average Bonchev–Trinajstić information content (AvgIpc) is 2.45. The zero-order valence-electron chi connectivity index (χ0n) is 9.06. The number of carboxylic acid groups (broad SMARTS) is 1. The van der Waals surface area contributed by atoms with Gasteiger partial charge in [-0.25, -0.2) is 9.59 Å². The van der Waals surface area contributed by atoms with Crippen molar-refractivity contribution in [3.05, 3.63) is 0 Å². The zero-order valence-corrected chi connectivity index (χ0v) is 9.87. The maximum absolute atomic E-state index is 11.7. The molecule has 0 aromatic carbocycles. The normalized spacial score (nSPS) is 25.7. The topological polar surface area (TPSA) is 69.6 Å². The molecule has 6 heteroatoms. The van der Waals surface area contributed by atoms with Gasteiger partial charge >= 0.3 is 12.0 Å². The van der Waals surface area contributed by atoms with Crippen molar-refractivity contribution in [3.63, 3.8) is 0 Å². The molecule has 86 valence electrons. The number of nitrogens with one attached hydrogen (secondary N) is 1. The number of amides is 2. The molecule has 1 aliphatic rings. The van der Waals surface area contributed by atoms with E-state index in [1.807, 2.05) is 20.8 Å². The number of urea groups is 1. The van der Waals surface area contributed by atoms with Crippen LogP contribution in [0.15, 0.2) is 0 Å². The van der Waals surface area contributed by atoms with Crippen molar-refractivity contribution in [3.8, 4) is 0 Å². The van der Waals surface area contributed by atoms with E-state index in [1.54, 1.807) is 0 Å². The van der Waals surface area contributed by atoms with Gasteiger partial charge in [0.25, 0.3) is 0 Å². The minimum Gasteiger partial charge on any atom is -0.480 e. The number of nitrogens with zero attached hydrogens (tertiary/aromatic N) is 1. The number of hydrogen-bond donors (Lipinski definition) is 2. The minimum atomic E-state index is -0.939. The van der Waals surface area contributed by atoms with E-state index < -0.39 is 12.0 Å². The molecule has 0 aromatic rings. The lowest BCUT2D eigenvalue weighted by Crippen LogP contribution is -2.50. The van der Waals surface area contributed by atoms with E-state index >= 15 is 0 Å². The Hall–Kier alpha value is -0.910. The lowest BCUT2D eigenvalue weighted by Gasteiger charge is -2.26. The molecule has 0 aliphatic carbocycles. The van der Waals surface area contributed by atoms with Gasteiger partial charge in [-0.3, -0.25) is 4.90 Å². The monoisotopic (exact) mass is 232 g/mol. The summed E-state index contributed by atoms with van der Waals surface area (Å²) in [6.45, 7) is 5.54. The number of hydrogen-bond acceptors (Lipinski definition) is 3. The molecular weight excluding hydrogens is 216 g/mol. The van der Waals surface area contributed by atoms with Crippen LogP contribution in [0.5, 0.6) is 0 Å². The van der Waals surface area contributed by atoms with E-state index in [4.69, 9.17) is 5.11 Å². The molecule has 0 radical (unpaired) electrons. The smallest absolute Gasteiger partial charge is 0.327 e. The number of aliphatic carboxylic acids is 1. The van der Waals surface area contributed by atoms with E-state index in [2.05, 4.69) is 5.32 Å². The first kappa shape index (κ1) is 12.2. The number of carboxylic acids is 1. The fourth-order valence-corrected chi connectivity index (χ4v) is 2.63. The van der Waals surface area contributed by atoms with Crippen molar-refractivity contribution in [1.29, 1.82) is 0 Å². The van der Waals surface area contributed by atoms with Crippen LogP contribution in [0.2, 0.25) is 0 Å². The highest BCUT2D eigenvalue weighted by Crippen LogP contribution is 2.28. The summed E-state index contributed by atoms with van der Waals surface area (Å²) < 4.78 is 0. The molecule has 2 unspecified atom stereocenters. The minimum absolute atomic E-state index is 0.0183. The summed E-state index contributed by atoms with van der Waals surface area (Å²) in [5, 5.41) is 11.6. The predicted molar refractivity (Wildman–Crippen MR) is 58.9 cm³/mol. The highest BCUT2D eigenvalue weighted by Gasteiger charge is 2.39.